The number of quaternary nitrogens is 1. The number of aryl methyl sites for hydroxylation is 1. The first-order chi connectivity index (χ1) is 9.83. The van der Waals surface area contributed by atoms with Crippen LogP contribution in [-0.4, -0.2) is 30.2 Å². The number of para-hydroxylation sites is 1. The predicted octanol–water partition coefficient (Wildman–Crippen LogP) is -1.22. The third-order valence-electron chi connectivity index (χ3n) is 3.27. The van der Waals surface area contributed by atoms with E-state index in [1.807, 2.05) is 24.3 Å². The van der Waals surface area contributed by atoms with Gasteiger partial charge < -0.3 is 21.6 Å². The molecule has 0 aliphatic rings. The molecule has 0 unspecified atom stereocenters. The zero-order chi connectivity index (χ0) is 13.9. The number of ether oxygens (including phenoxy) is 1. The van der Waals surface area contributed by atoms with Crippen molar-refractivity contribution in [3.05, 3.63) is 30.1 Å². The minimum absolute atomic E-state index is 0. The summed E-state index contributed by atoms with van der Waals surface area (Å²) in [6.07, 6.45) is 0.806. The van der Waals surface area contributed by atoms with Gasteiger partial charge in [-0.25, -0.2) is 4.98 Å². The molecule has 0 saturated heterocycles. The molecule has 0 atom stereocenters. The van der Waals surface area contributed by atoms with Gasteiger partial charge in [-0.05, 0) is 12.1 Å². The molecule has 0 spiro atoms. The van der Waals surface area contributed by atoms with E-state index in [1.165, 1.54) is 0 Å². The van der Waals surface area contributed by atoms with Crippen LogP contribution in [0, 0.1) is 0 Å². The van der Waals surface area contributed by atoms with Crippen molar-refractivity contribution in [2.45, 2.75) is 13.3 Å². The van der Waals surface area contributed by atoms with Gasteiger partial charge in [0, 0.05) is 18.9 Å². The number of furan rings is 1. The lowest BCUT2D eigenvalue weighted by molar-refractivity contribution is -0.576. The molecular weight excluding hydrogens is 290 g/mol. The Morgan fingerprint density at radius 2 is 2.05 bits per heavy atom. The number of fused-ring (bicyclic) bond motifs is 3. The smallest absolute Gasteiger partial charge is 0.272 e. The van der Waals surface area contributed by atoms with Gasteiger partial charge in [-0.2, -0.15) is 4.98 Å². The number of nitrogens with two attached hydrogens (primary N) is 1. The molecule has 0 radical (unpaired) electrons. The van der Waals surface area contributed by atoms with Crippen molar-refractivity contribution in [1.82, 2.24) is 9.97 Å². The Balaban J connectivity index is 0.00000161. The minimum Gasteiger partial charge on any atom is -1.00 e. The number of benzene rings is 1. The monoisotopic (exact) mass is 307 g/mol. The predicted molar refractivity (Wildman–Crippen MR) is 77.0 cm³/mol. The van der Waals surface area contributed by atoms with Crippen LogP contribution in [0.3, 0.4) is 0 Å². The topological polar surface area (TPSA) is 64.8 Å². The molecule has 2 heterocycles. The summed E-state index contributed by atoms with van der Waals surface area (Å²) in [5.74, 6) is 1.70. The van der Waals surface area contributed by atoms with E-state index < -0.39 is 0 Å². The molecule has 21 heavy (non-hydrogen) atoms. The van der Waals surface area contributed by atoms with Crippen molar-refractivity contribution in [2.75, 3.05) is 20.3 Å². The van der Waals surface area contributed by atoms with Crippen LogP contribution in [0.4, 0.5) is 5.82 Å². The molecule has 2 N–H and O–H groups in total. The van der Waals surface area contributed by atoms with Gasteiger partial charge in [0.05, 0.1) is 6.61 Å². The standard InChI is InChI=1S/C15H17N3O2.ClH/c1-3-12-17-13-10-6-4-5-7-11(10)20-14(13)15(18-12)16-8-9-19-2;/h4-7H,3,8-9H2,1-2H3,(H,16,17,18);1H. The molecule has 0 aliphatic heterocycles. The van der Waals surface area contributed by atoms with Crippen LogP contribution in [0.25, 0.3) is 22.1 Å². The maximum absolute atomic E-state index is 5.92. The molecule has 6 heteroatoms. The molecule has 3 aromatic rings. The van der Waals surface area contributed by atoms with Crippen molar-refractivity contribution >= 4 is 27.9 Å². The first-order valence-electron chi connectivity index (χ1n) is 6.83. The molecule has 112 valence electrons. The zero-order valence-corrected chi connectivity index (χ0v) is 12.9. The van der Waals surface area contributed by atoms with Crippen LogP contribution in [0.1, 0.15) is 12.7 Å². The highest BCUT2D eigenvalue weighted by molar-refractivity contribution is 6.04. The van der Waals surface area contributed by atoms with E-state index in [1.54, 1.807) is 7.11 Å². The second kappa shape index (κ2) is 6.85. The van der Waals surface area contributed by atoms with E-state index in [2.05, 4.69) is 22.2 Å². The van der Waals surface area contributed by atoms with E-state index in [4.69, 9.17) is 9.15 Å². The van der Waals surface area contributed by atoms with Crippen LogP contribution < -0.4 is 17.7 Å². The molecule has 0 bridgehead atoms. The fraction of sp³-hybridized carbons (Fsp3) is 0.333. The average molecular weight is 308 g/mol. The van der Waals surface area contributed by atoms with Gasteiger partial charge in [0.1, 0.15) is 23.5 Å². The van der Waals surface area contributed by atoms with Crippen molar-refractivity contribution < 1.29 is 26.9 Å². The van der Waals surface area contributed by atoms with E-state index >= 15 is 0 Å². The molecule has 5 nitrogen and oxygen atoms in total. The van der Waals surface area contributed by atoms with Crippen molar-refractivity contribution in [3.63, 3.8) is 0 Å². The lowest BCUT2D eigenvalue weighted by Gasteiger charge is -2.02. The maximum Gasteiger partial charge on any atom is 0.272 e. The van der Waals surface area contributed by atoms with Crippen LogP contribution in [0.15, 0.2) is 28.7 Å². The van der Waals surface area contributed by atoms with Gasteiger partial charge in [-0.1, -0.05) is 19.1 Å². The van der Waals surface area contributed by atoms with Gasteiger partial charge >= 0.3 is 0 Å². The van der Waals surface area contributed by atoms with Gasteiger partial charge in [0.15, 0.2) is 0 Å². The largest absolute Gasteiger partial charge is 1.00 e. The Hall–Kier alpha value is -1.69. The summed E-state index contributed by atoms with van der Waals surface area (Å²) in [6.45, 7) is 3.54. The zero-order valence-electron chi connectivity index (χ0n) is 12.1. The molecule has 3 rings (SSSR count). The van der Waals surface area contributed by atoms with Crippen molar-refractivity contribution in [1.29, 1.82) is 0 Å². The number of halogens is 1. The summed E-state index contributed by atoms with van der Waals surface area (Å²) in [5, 5.41) is 3.09. The Bertz CT molecular complexity index is 742. The molecule has 0 fully saturated rings. The second-order valence-corrected chi connectivity index (χ2v) is 4.64. The van der Waals surface area contributed by atoms with E-state index in [0.29, 0.717) is 6.61 Å². The Labute approximate surface area is 129 Å². The Kier molecular flexibility index (Phi) is 5.12. The fourth-order valence-corrected chi connectivity index (χ4v) is 2.27. The van der Waals surface area contributed by atoms with Crippen molar-refractivity contribution in [3.8, 4) is 0 Å². The number of hydrogen-bond donors (Lipinski definition) is 1. The third-order valence-corrected chi connectivity index (χ3v) is 3.27. The van der Waals surface area contributed by atoms with Gasteiger partial charge in [0.2, 0.25) is 5.58 Å². The SMILES string of the molecule is CCc1nc([NH2+]CCOC)c2oc3ccccc3c2n1.[Cl-]. The molecule has 2 aromatic heterocycles. The Morgan fingerprint density at radius 1 is 1.24 bits per heavy atom. The van der Waals surface area contributed by atoms with E-state index in [-0.39, 0.29) is 12.4 Å². The first kappa shape index (κ1) is 15.7. The maximum atomic E-state index is 5.92. The number of aromatic nitrogens is 2. The van der Waals surface area contributed by atoms with Gasteiger partial charge in [-0.3, -0.25) is 5.32 Å². The second-order valence-electron chi connectivity index (χ2n) is 4.64. The van der Waals surface area contributed by atoms with Gasteiger partial charge in [-0.15, -0.1) is 0 Å². The minimum atomic E-state index is 0. The number of nitrogens with zero attached hydrogens (tertiary/aromatic N) is 2. The summed E-state index contributed by atoms with van der Waals surface area (Å²) < 4.78 is 11.0. The molecule has 0 saturated carbocycles. The van der Waals surface area contributed by atoms with E-state index in [0.717, 1.165) is 46.7 Å². The lowest BCUT2D eigenvalue weighted by Crippen LogP contribution is -3.00. The summed E-state index contributed by atoms with van der Waals surface area (Å²) in [5.41, 5.74) is 2.52. The highest BCUT2D eigenvalue weighted by Gasteiger charge is 2.17. The number of hydrogen-bond acceptors (Lipinski definition) is 4. The molecule has 0 aliphatic carbocycles. The summed E-state index contributed by atoms with van der Waals surface area (Å²) in [6, 6.07) is 7.96. The quantitative estimate of drug-likeness (QED) is 0.601. The molecule has 1 aromatic carbocycles. The summed E-state index contributed by atoms with van der Waals surface area (Å²) in [7, 11) is 1.70. The van der Waals surface area contributed by atoms with Crippen LogP contribution in [-0.2, 0) is 11.2 Å². The van der Waals surface area contributed by atoms with Crippen LogP contribution in [0.5, 0.6) is 0 Å². The Morgan fingerprint density at radius 3 is 2.81 bits per heavy atom. The average Bonchev–Trinajstić information content (AvgIpc) is 2.86. The van der Waals surface area contributed by atoms with Crippen LogP contribution >= 0.6 is 0 Å². The normalized spacial score (nSPS) is 11.0. The van der Waals surface area contributed by atoms with Crippen molar-refractivity contribution in [2.24, 2.45) is 0 Å². The van der Waals surface area contributed by atoms with Crippen LogP contribution in [0.2, 0.25) is 0 Å². The lowest BCUT2D eigenvalue weighted by atomic mass is 10.2. The highest BCUT2D eigenvalue weighted by Crippen LogP contribution is 2.29. The highest BCUT2D eigenvalue weighted by atomic mass is 35.5. The summed E-state index contributed by atoms with van der Waals surface area (Å²) in [4.78, 5) is 9.19. The first-order valence-corrected chi connectivity index (χ1v) is 6.83. The van der Waals surface area contributed by atoms with Gasteiger partial charge in [0.25, 0.3) is 5.82 Å². The summed E-state index contributed by atoms with van der Waals surface area (Å²) >= 11 is 0. The fourth-order valence-electron chi connectivity index (χ4n) is 2.27. The molecular formula is C15H18ClN3O2. The number of rotatable bonds is 5. The molecule has 0 amide bonds. The number of methoxy groups -OCH3 is 1. The third kappa shape index (κ3) is 3.00. The van der Waals surface area contributed by atoms with E-state index in [9.17, 15) is 0 Å².